The Balaban J connectivity index is 2.56. The lowest BCUT2D eigenvalue weighted by atomic mass is 9.91. The number of hydrogen-bond acceptors (Lipinski definition) is 6. The van der Waals surface area contributed by atoms with Crippen molar-refractivity contribution in [3.63, 3.8) is 0 Å². The first-order chi connectivity index (χ1) is 10.8. The lowest BCUT2D eigenvalue weighted by molar-refractivity contribution is -0.155. The molecule has 0 N–H and O–H groups in total. The SMILES string of the molecule is CCC(C)(C)C(=O)OCCOC(=O)c1ccccc1C(=O)OC. The molecule has 0 amide bonds. The second kappa shape index (κ2) is 8.31. The predicted molar refractivity (Wildman–Crippen MR) is 83.1 cm³/mol. The van der Waals surface area contributed by atoms with Crippen molar-refractivity contribution in [2.75, 3.05) is 20.3 Å². The van der Waals surface area contributed by atoms with Crippen LogP contribution in [0.1, 0.15) is 47.9 Å². The van der Waals surface area contributed by atoms with Crippen molar-refractivity contribution in [2.45, 2.75) is 27.2 Å². The minimum Gasteiger partial charge on any atom is -0.465 e. The van der Waals surface area contributed by atoms with Crippen LogP contribution in [0.3, 0.4) is 0 Å². The van der Waals surface area contributed by atoms with E-state index in [1.165, 1.54) is 19.2 Å². The molecule has 6 heteroatoms. The van der Waals surface area contributed by atoms with Gasteiger partial charge in [0, 0.05) is 0 Å². The highest BCUT2D eigenvalue weighted by atomic mass is 16.6. The lowest BCUT2D eigenvalue weighted by Gasteiger charge is -2.20. The summed E-state index contributed by atoms with van der Waals surface area (Å²) in [6, 6.07) is 6.19. The molecule has 0 aromatic heterocycles. The Hall–Kier alpha value is -2.37. The summed E-state index contributed by atoms with van der Waals surface area (Å²) in [6.07, 6.45) is 0.651. The molecule has 0 aliphatic carbocycles. The average Bonchev–Trinajstić information content (AvgIpc) is 2.57. The van der Waals surface area contributed by atoms with E-state index in [4.69, 9.17) is 9.47 Å². The van der Waals surface area contributed by atoms with E-state index in [0.717, 1.165) is 0 Å². The summed E-state index contributed by atoms with van der Waals surface area (Å²) in [5, 5.41) is 0. The molecule has 1 aromatic rings. The molecule has 0 saturated heterocycles. The summed E-state index contributed by atoms with van der Waals surface area (Å²) in [5.41, 5.74) is -0.328. The van der Waals surface area contributed by atoms with Gasteiger partial charge in [-0.3, -0.25) is 4.79 Å². The number of esters is 3. The van der Waals surface area contributed by atoms with Gasteiger partial charge < -0.3 is 14.2 Å². The second-order valence-electron chi connectivity index (χ2n) is 5.55. The van der Waals surface area contributed by atoms with Crippen LogP contribution in [0.25, 0.3) is 0 Å². The number of hydrogen-bond donors (Lipinski definition) is 0. The molecule has 0 unspecified atom stereocenters. The molecule has 0 aliphatic heterocycles. The number of carbonyl (C=O) groups excluding carboxylic acids is 3. The Morgan fingerprint density at radius 1 is 0.957 bits per heavy atom. The smallest absolute Gasteiger partial charge is 0.339 e. The van der Waals surface area contributed by atoms with Gasteiger partial charge in [0.1, 0.15) is 13.2 Å². The minimum atomic E-state index is -0.670. The maximum atomic E-state index is 12.0. The van der Waals surface area contributed by atoms with E-state index in [9.17, 15) is 14.4 Å². The highest BCUT2D eigenvalue weighted by Gasteiger charge is 2.27. The van der Waals surface area contributed by atoms with Gasteiger partial charge in [0.25, 0.3) is 0 Å². The first kappa shape index (κ1) is 18.7. The molecule has 126 valence electrons. The molecule has 0 aliphatic rings. The van der Waals surface area contributed by atoms with E-state index in [2.05, 4.69) is 4.74 Å². The molecule has 0 bridgehead atoms. The Morgan fingerprint density at radius 3 is 2.00 bits per heavy atom. The first-order valence-corrected chi connectivity index (χ1v) is 7.35. The van der Waals surface area contributed by atoms with E-state index < -0.39 is 17.4 Å². The Kier molecular flexibility index (Phi) is 6.75. The molecule has 23 heavy (non-hydrogen) atoms. The molecular weight excluding hydrogens is 300 g/mol. The van der Waals surface area contributed by atoms with Crippen molar-refractivity contribution >= 4 is 17.9 Å². The van der Waals surface area contributed by atoms with Crippen molar-refractivity contribution in [3.8, 4) is 0 Å². The molecule has 1 aromatic carbocycles. The normalized spacial score (nSPS) is 10.8. The van der Waals surface area contributed by atoms with Crippen LogP contribution in [0.4, 0.5) is 0 Å². The van der Waals surface area contributed by atoms with Crippen LogP contribution in [0.2, 0.25) is 0 Å². The van der Waals surface area contributed by atoms with Crippen molar-refractivity contribution in [1.82, 2.24) is 0 Å². The monoisotopic (exact) mass is 322 g/mol. The highest BCUT2D eigenvalue weighted by Crippen LogP contribution is 2.21. The zero-order chi connectivity index (χ0) is 17.5. The van der Waals surface area contributed by atoms with Gasteiger partial charge in [-0.15, -0.1) is 0 Å². The summed E-state index contributed by atoms with van der Waals surface area (Å²) < 4.78 is 14.7. The third-order valence-electron chi connectivity index (χ3n) is 3.54. The van der Waals surface area contributed by atoms with Crippen molar-refractivity contribution in [2.24, 2.45) is 5.41 Å². The van der Waals surface area contributed by atoms with Crippen LogP contribution >= 0.6 is 0 Å². The third kappa shape index (κ3) is 5.09. The van der Waals surface area contributed by atoms with Crippen LogP contribution in [0, 0.1) is 5.41 Å². The van der Waals surface area contributed by atoms with Crippen LogP contribution in [0.5, 0.6) is 0 Å². The van der Waals surface area contributed by atoms with Gasteiger partial charge in [-0.2, -0.15) is 0 Å². The van der Waals surface area contributed by atoms with E-state index in [0.29, 0.717) is 6.42 Å². The topological polar surface area (TPSA) is 78.9 Å². The Labute approximate surface area is 135 Å². The van der Waals surface area contributed by atoms with Gasteiger partial charge in [0.2, 0.25) is 0 Å². The molecule has 0 heterocycles. The number of rotatable bonds is 7. The van der Waals surface area contributed by atoms with Gasteiger partial charge in [-0.05, 0) is 32.4 Å². The molecule has 6 nitrogen and oxygen atoms in total. The van der Waals surface area contributed by atoms with E-state index in [-0.39, 0.29) is 30.3 Å². The van der Waals surface area contributed by atoms with Gasteiger partial charge in [0.05, 0.1) is 23.7 Å². The number of ether oxygens (including phenoxy) is 3. The molecule has 1 rings (SSSR count). The number of carbonyl (C=O) groups is 3. The Bertz CT molecular complexity index is 576. The fraction of sp³-hybridized carbons (Fsp3) is 0.471. The van der Waals surface area contributed by atoms with E-state index in [1.807, 2.05) is 6.92 Å². The van der Waals surface area contributed by atoms with Crippen molar-refractivity contribution in [1.29, 1.82) is 0 Å². The minimum absolute atomic E-state index is 0.0333. The number of benzene rings is 1. The summed E-state index contributed by atoms with van der Waals surface area (Å²) in [4.78, 5) is 35.4. The molecule has 0 radical (unpaired) electrons. The lowest BCUT2D eigenvalue weighted by Crippen LogP contribution is -2.27. The van der Waals surface area contributed by atoms with Gasteiger partial charge in [-0.1, -0.05) is 19.1 Å². The average molecular weight is 322 g/mol. The zero-order valence-corrected chi connectivity index (χ0v) is 13.9. The van der Waals surface area contributed by atoms with E-state index in [1.54, 1.807) is 26.0 Å². The van der Waals surface area contributed by atoms with Crippen molar-refractivity contribution in [3.05, 3.63) is 35.4 Å². The van der Waals surface area contributed by atoms with Crippen LogP contribution in [-0.2, 0) is 19.0 Å². The molecule has 0 fully saturated rings. The maximum Gasteiger partial charge on any atom is 0.339 e. The third-order valence-corrected chi connectivity index (χ3v) is 3.54. The van der Waals surface area contributed by atoms with Gasteiger partial charge in [0.15, 0.2) is 0 Å². The quantitative estimate of drug-likeness (QED) is 0.436. The van der Waals surface area contributed by atoms with E-state index >= 15 is 0 Å². The zero-order valence-electron chi connectivity index (χ0n) is 13.9. The summed E-state index contributed by atoms with van der Waals surface area (Å²) in [5.74, 6) is -1.63. The largest absolute Gasteiger partial charge is 0.465 e. The van der Waals surface area contributed by atoms with Crippen LogP contribution in [-0.4, -0.2) is 38.2 Å². The van der Waals surface area contributed by atoms with Crippen LogP contribution in [0.15, 0.2) is 24.3 Å². The van der Waals surface area contributed by atoms with Gasteiger partial charge >= 0.3 is 17.9 Å². The summed E-state index contributed by atoms with van der Waals surface area (Å²) in [7, 11) is 1.24. The number of methoxy groups -OCH3 is 1. The molecular formula is C17H22O6. The standard InChI is InChI=1S/C17H22O6/c1-5-17(2,3)16(20)23-11-10-22-15(19)13-9-7-6-8-12(13)14(18)21-4/h6-9H,5,10-11H2,1-4H3. The summed E-state index contributed by atoms with van der Waals surface area (Å²) >= 11 is 0. The van der Waals surface area contributed by atoms with Gasteiger partial charge in [-0.25, -0.2) is 9.59 Å². The fourth-order valence-electron chi connectivity index (χ4n) is 1.64. The first-order valence-electron chi connectivity index (χ1n) is 7.35. The predicted octanol–water partition coefficient (Wildman–Crippen LogP) is 2.61. The Morgan fingerprint density at radius 2 is 1.48 bits per heavy atom. The van der Waals surface area contributed by atoms with Crippen LogP contribution < -0.4 is 0 Å². The fourth-order valence-corrected chi connectivity index (χ4v) is 1.64. The molecule has 0 spiro atoms. The maximum absolute atomic E-state index is 12.0. The summed E-state index contributed by atoms with van der Waals surface area (Å²) in [6.45, 7) is 5.35. The van der Waals surface area contributed by atoms with Crippen molar-refractivity contribution < 1.29 is 28.6 Å². The molecule has 0 atom stereocenters. The second-order valence-corrected chi connectivity index (χ2v) is 5.55. The molecule has 0 saturated carbocycles. The highest BCUT2D eigenvalue weighted by molar-refractivity contribution is 6.03.